The van der Waals surface area contributed by atoms with Gasteiger partial charge < -0.3 is 20.0 Å². The molecule has 0 spiro atoms. The maximum atomic E-state index is 11.3. The lowest BCUT2D eigenvalue weighted by molar-refractivity contribution is 0.306. The molecule has 3 N–H and O–H groups in total. The van der Waals surface area contributed by atoms with Crippen molar-refractivity contribution >= 4 is 40.7 Å². The molecule has 0 bridgehead atoms. The Morgan fingerprint density at radius 1 is 0.893 bits per heavy atom. The number of anilines is 1. The van der Waals surface area contributed by atoms with Gasteiger partial charge in [-0.1, -0.05) is 35.9 Å². The Kier molecular flexibility index (Phi) is 6.29. The molecule has 4 aromatic rings. The quantitative estimate of drug-likeness (QED) is 0.409. The molecule has 1 aromatic heterocycles. The van der Waals surface area contributed by atoms with Crippen molar-refractivity contribution in [1.29, 1.82) is 0 Å². The maximum Gasteiger partial charge on any atom is 0.323 e. The number of ether oxygens (including phenoxy) is 1. The Bertz CT molecular complexity index is 1120. The number of rotatable bonds is 6. The van der Waals surface area contributed by atoms with Gasteiger partial charge >= 0.3 is 5.69 Å². The van der Waals surface area contributed by atoms with Crippen LogP contribution in [0.25, 0.3) is 11.0 Å². The van der Waals surface area contributed by atoms with Crippen LogP contribution in [0.4, 0.5) is 5.69 Å². The number of hydrogen-bond acceptors (Lipinski definition) is 3. The van der Waals surface area contributed by atoms with Crippen molar-refractivity contribution in [3.05, 3.63) is 93.4 Å². The number of hydrogen-bond donors (Lipinski definition) is 3. The number of fused-ring (bicyclic) bond motifs is 1. The first-order chi connectivity index (χ1) is 13.2. The Balaban J connectivity index is 0.00000225. The number of nitrogens with one attached hydrogen (secondary N) is 3. The minimum Gasteiger partial charge on any atom is -0.489 e. The van der Waals surface area contributed by atoms with Crippen LogP contribution in [-0.2, 0) is 13.2 Å². The third-order valence-corrected chi connectivity index (χ3v) is 4.48. The second-order valence-electron chi connectivity index (χ2n) is 6.26. The van der Waals surface area contributed by atoms with E-state index in [4.69, 9.17) is 16.3 Å². The molecular formula is C21H19Cl2N3O2. The summed E-state index contributed by atoms with van der Waals surface area (Å²) < 4.78 is 5.87. The summed E-state index contributed by atoms with van der Waals surface area (Å²) in [7, 11) is 0. The lowest BCUT2D eigenvalue weighted by Gasteiger charge is -2.10. The number of halogens is 2. The predicted molar refractivity (Wildman–Crippen MR) is 116 cm³/mol. The van der Waals surface area contributed by atoms with Crippen LogP contribution in [0.5, 0.6) is 5.75 Å². The van der Waals surface area contributed by atoms with E-state index in [1.54, 1.807) is 0 Å². The van der Waals surface area contributed by atoms with Crippen LogP contribution in [0.15, 0.2) is 71.5 Å². The van der Waals surface area contributed by atoms with Gasteiger partial charge in [0.05, 0.1) is 11.0 Å². The topological polar surface area (TPSA) is 69.9 Å². The molecule has 4 rings (SSSR count). The molecule has 5 nitrogen and oxygen atoms in total. The van der Waals surface area contributed by atoms with Gasteiger partial charge in [0.1, 0.15) is 12.4 Å². The summed E-state index contributed by atoms with van der Waals surface area (Å²) in [6.07, 6.45) is 0. The second-order valence-corrected chi connectivity index (χ2v) is 6.69. The molecule has 28 heavy (non-hydrogen) atoms. The fourth-order valence-corrected chi connectivity index (χ4v) is 2.97. The van der Waals surface area contributed by atoms with Gasteiger partial charge in [0.25, 0.3) is 0 Å². The van der Waals surface area contributed by atoms with Crippen molar-refractivity contribution in [3.8, 4) is 5.75 Å². The lowest BCUT2D eigenvalue weighted by Crippen LogP contribution is -2.00. The zero-order chi connectivity index (χ0) is 18.6. The van der Waals surface area contributed by atoms with Gasteiger partial charge in [0.15, 0.2) is 0 Å². The zero-order valence-electron chi connectivity index (χ0n) is 14.9. The number of H-pyrrole nitrogens is 2. The molecule has 0 saturated carbocycles. The first-order valence-electron chi connectivity index (χ1n) is 8.58. The highest BCUT2D eigenvalue weighted by atomic mass is 35.5. The molecule has 0 fully saturated rings. The molecule has 144 valence electrons. The number of aromatic amines is 2. The highest BCUT2D eigenvalue weighted by Gasteiger charge is 2.02. The molecule has 1 heterocycles. The minimum atomic E-state index is -0.201. The minimum absolute atomic E-state index is 0. The fraction of sp³-hybridized carbons (Fsp3) is 0.0952. The number of imidazole rings is 1. The van der Waals surface area contributed by atoms with Gasteiger partial charge in [-0.05, 0) is 53.6 Å². The van der Waals surface area contributed by atoms with Crippen LogP contribution < -0.4 is 15.7 Å². The summed E-state index contributed by atoms with van der Waals surface area (Å²) in [5.41, 5.74) is 4.48. The molecule has 0 aliphatic carbocycles. The van der Waals surface area contributed by atoms with E-state index in [9.17, 15) is 4.79 Å². The normalized spacial score (nSPS) is 10.5. The van der Waals surface area contributed by atoms with Gasteiger partial charge in [-0.2, -0.15) is 0 Å². The third kappa shape index (κ3) is 4.88. The Labute approximate surface area is 173 Å². The maximum absolute atomic E-state index is 11.3. The first-order valence-corrected chi connectivity index (χ1v) is 8.96. The van der Waals surface area contributed by atoms with E-state index >= 15 is 0 Å². The molecule has 0 aliphatic heterocycles. The van der Waals surface area contributed by atoms with E-state index in [1.165, 1.54) is 0 Å². The standard InChI is InChI=1S/C21H18ClN3O2.ClH/c22-16-6-4-14(5-7-16)13-27-18-3-1-2-15(10-18)12-23-17-8-9-19-20(11-17)25-21(26)24-19;/h1-11,23H,12-13H2,(H2,24,25,26);1H. The molecule has 3 aromatic carbocycles. The summed E-state index contributed by atoms with van der Waals surface area (Å²) >= 11 is 5.90. The molecule has 0 atom stereocenters. The molecular weight excluding hydrogens is 397 g/mol. The largest absolute Gasteiger partial charge is 0.489 e. The average Bonchev–Trinajstić information content (AvgIpc) is 3.05. The van der Waals surface area contributed by atoms with E-state index in [-0.39, 0.29) is 18.1 Å². The van der Waals surface area contributed by atoms with E-state index in [2.05, 4.69) is 15.3 Å². The van der Waals surface area contributed by atoms with Crippen LogP contribution in [-0.4, -0.2) is 9.97 Å². The smallest absolute Gasteiger partial charge is 0.323 e. The third-order valence-electron chi connectivity index (χ3n) is 4.23. The number of benzene rings is 3. The first kappa shape index (κ1) is 19.9. The van der Waals surface area contributed by atoms with Gasteiger partial charge in [-0.25, -0.2) is 4.79 Å². The van der Waals surface area contributed by atoms with Crippen molar-refractivity contribution in [3.63, 3.8) is 0 Å². The Hall–Kier alpha value is -2.89. The van der Waals surface area contributed by atoms with Gasteiger partial charge in [0, 0.05) is 17.3 Å². The molecule has 0 unspecified atom stereocenters. The van der Waals surface area contributed by atoms with Gasteiger partial charge in [0.2, 0.25) is 0 Å². The van der Waals surface area contributed by atoms with Gasteiger partial charge in [-0.3, -0.25) is 0 Å². The fourth-order valence-electron chi connectivity index (χ4n) is 2.84. The van der Waals surface area contributed by atoms with Crippen molar-refractivity contribution in [2.24, 2.45) is 0 Å². The molecule has 7 heteroatoms. The molecule has 0 amide bonds. The number of aromatic nitrogens is 2. The van der Waals surface area contributed by atoms with Crippen LogP contribution >= 0.6 is 24.0 Å². The van der Waals surface area contributed by atoms with Crippen molar-refractivity contribution in [2.75, 3.05) is 5.32 Å². The summed E-state index contributed by atoms with van der Waals surface area (Å²) in [5.74, 6) is 0.815. The summed E-state index contributed by atoms with van der Waals surface area (Å²) in [5, 5.41) is 4.08. The monoisotopic (exact) mass is 415 g/mol. The molecule has 0 aliphatic rings. The van der Waals surface area contributed by atoms with Crippen molar-refractivity contribution < 1.29 is 4.74 Å². The average molecular weight is 416 g/mol. The van der Waals surface area contributed by atoms with Crippen LogP contribution in [0.3, 0.4) is 0 Å². The Morgan fingerprint density at radius 3 is 2.50 bits per heavy atom. The van der Waals surface area contributed by atoms with Gasteiger partial charge in [-0.15, -0.1) is 12.4 Å². The Morgan fingerprint density at radius 2 is 1.68 bits per heavy atom. The second kappa shape index (κ2) is 8.87. The highest BCUT2D eigenvalue weighted by Crippen LogP contribution is 2.19. The van der Waals surface area contributed by atoms with Crippen LogP contribution in [0, 0.1) is 0 Å². The zero-order valence-corrected chi connectivity index (χ0v) is 16.4. The van der Waals surface area contributed by atoms with E-state index < -0.39 is 0 Å². The highest BCUT2D eigenvalue weighted by molar-refractivity contribution is 6.30. The summed E-state index contributed by atoms with van der Waals surface area (Å²) in [4.78, 5) is 16.8. The van der Waals surface area contributed by atoms with Crippen molar-refractivity contribution in [2.45, 2.75) is 13.2 Å². The summed E-state index contributed by atoms with van der Waals surface area (Å²) in [6, 6.07) is 21.3. The molecule has 0 radical (unpaired) electrons. The molecule has 0 saturated heterocycles. The van der Waals surface area contributed by atoms with Crippen molar-refractivity contribution in [1.82, 2.24) is 9.97 Å². The van der Waals surface area contributed by atoms with E-state index in [0.717, 1.165) is 33.6 Å². The van der Waals surface area contributed by atoms with Crippen LogP contribution in [0.1, 0.15) is 11.1 Å². The SMILES string of the molecule is Cl.O=c1[nH]c2ccc(NCc3cccc(OCc4ccc(Cl)cc4)c3)cc2[nH]1. The van der Waals surface area contributed by atoms with Crippen LogP contribution in [0.2, 0.25) is 5.02 Å². The van der Waals surface area contributed by atoms with E-state index in [0.29, 0.717) is 18.2 Å². The lowest BCUT2D eigenvalue weighted by atomic mass is 10.2. The summed E-state index contributed by atoms with van der Waals surface area (Å²) in [6.45, 7) is 1.14. The van der Waals surface area contributed by atoms with E-state index in [1.807, 2.05) is 66.7 Å². The predicted octanol–water partition coefficient (Wildman–Crippen LogP) is 5.12.